The first-order chi connectivity index (χ1) is 13.2. The molecule has 1 fully saturated rings. The zero-order chi connectivity index (χ0) is 18.6. The lowest BCUT2D eigenvalue weighted by molar-refractivity contribution is -0.125. The molecule has 2 aliphatic rings. The summed E-state index contributed by atoms with van der Waals surface area (Å²) in [6.07, 6.45) is 3.51. The highest BCUT2D eigenvalue weighted by Crippen LogP contribution is 2.24. The summed E-state index contributed by atoms with van der Waals surface area (Å²) in [4.78, 5) is 19.3. The van der Waals surface area contributed by atoms with E-state index in [9.17, 15) is 9.18 Å². The van der Waals surface area contributed by atoms with Gasteiger partial charge < -0.3 is 10.2 Å². The van der Waals surface area contributed by atoms with Gasteiger partial charge in [0.1, 0.15) is 14.5 Å². The van der Waals surface area contributed by atoms with Crippen LogP contribution in [0.1, 0.15) is 18.4 Å². The van der Waals surface area contributed by atoms with E-state index in [0.717, 1.165) is 46.3 Å². The minimum absolute atomic E-state index is 0.00575. The molecule has 8 heteroatoms. The highest BCUT2D eigenvalue weighted by molar-refractivity contribution is 14.2. The molecule has 142 valence electrons. The van der Waals surface area contributed by atoms with Crippen molar-refractivity contribution in [3.8, 4) is 0 Å². The number of halogens is 2. The molecule has 0 saturated carbocycles. The summed E-state index contributed by atoms with van der Waals surface area (Å²) in [7, 11) is 0. The van der Waals surface area contributed by atoms with E-state index < -0.39 is 0 Å². The molecule has 0 bridgehead atoms. The molecule has 1 aromatic carbocycles. The number of rotatable bonds is 4. The first-order valence-electron chi connectivity index (χ1n) is 8.89. The fraction of sp³-hybridized carbons (Fsp3) is 0.368. The predicted molar refractivity (Wildman–Crippen MR) is 114 cm³/mol. The van der Waals surface area contributed by atoms with Crippen molar-refractivity contribution < 1.29 is 9.18 Å². The van der Waals surface area contributed by atoms with Gasteiger partial charge in [-0.3, -0.25) is 4.79 Å². The summed E-state index contributed by atoms with van der Waals surface area (Å²) in [6, 6.07) is 8.40. The summed E-state index contributed by atoms with van der Waals surface area (Å²) >= 11 is 1.59. The second-order valence-electron chi connectivity index (χ2n) is 6.54. The second-order valence-corrected chi connectivity index (χ2v) is 10.9. The molecule has 4 rings (SSSR count). The van der Waals surface area contributed by atoms with Crippen LogP contribution >= 0.6 is 32.7 Å². The summed E-state index contributed by atoms with van der Waals surface area (Å²) in [5.74, 6) is -0.213. The first-order valence-corrected chi connectivity index (χ1v) is 12.4. The number of hydrogen-bond acceptors (Lipinski definition) is 5. The molecule has 0 atom stereocenters. The Morgan fingerprint density at radius 1 is 1.33 bits per heavy atom. The average Bonchev–Trinajstić information content (AvgIpc) is 2.72. The van der Waals surface area contributed by atoms with Crippen molar-refractivity contribution >= 4 is 44.3 Å². The number of amides is 1. The van der Waals surface area contributed by atoms with Crippen molar-refractivity contribution in [1.82, 2.24) is 10.3 Å². The van der Waals surface area contributed by atoms with Crippen molar-refractivity contribution in [3.05, 3.63) is 56.6 Å². The third kappa shape index (κ3) is 4.48. The molecule has 2 aliphatic heterocycles. The van der Waals surface area contributed by atoms with E-state index in [0.29, 0.717) is 6.54 Å². The molecule has 1 amide bonds. The lowest BCUT2D eigenvalue weighted by atomic mass is 9.95. The third-order valence-corrected chi connectivity index (χ3v) is 8.61. The van der Waals surface area contributed by atoms with Crippen molar-refractivity contribution in [3.63, 3.8) is 0 Å². The second kappa shape index (κ2) is 8.64. The summed E-state index contributed by atoms with van der Waals surface area (Å²) < 4.78 is 20.1. The van der Waals surface area contributed by atoms with Crippen LogP contribution in [-0.2, 0) is 11.3 Å². The van der Waals surface area contributed by atoms with E-state index >= 15 is 0 Å². The van der Waals surface area contributed by atoms with Gasteiger partial charge in [0.2, 0.25) is 5.91 Å². The van der Waals surface area contributed by atoms with Crippen LogP contribution in [0.2, 0.25) is 0 Å². The molecule has 0 unspecified atom stereocenters. The maximum absolute atomic E-state index is 13.2. The van der Waals surface area contributed by atoms with Crippen LogP contribution in [0.25, 0.3) is 0 Å². The number of nitrogens with zero attached hydrogens (tertiary/aromatic N) is 3. The SMILES string of the molecule is O=C(NCc1cccc(F)c1)C1CCN(c2ccnc3c2=NSCI=3)CC1. The normalized spacial score (nSPS) is 17.1. The lowest BCUT2D eigenvalue weighted by Gasteiger charge is -2.33. The number of hydrogen-bond donors (Lipinski definition) is 1. The number of anilines is 1. The number of piperidine rings is 1. The smallest absolute Gasteiger partial charge is 0.223 e. The standard InChI is InChI=1S/C19H20FIN4OS/c20-15-3-1-2-13(10-15)11-23-19(26)14-5-8-25(9-6-14)16-4-7-22-18-17(16)24-27-12-21-18/h1-4,7,10,14H,5-6,8-9,11-12H2,(H,23,26). The van der Waals surface area contributed by atoms with Crippen LogP contribution in [0.3, 0.4) is 0 Å². The van der Waals surface area contributed by atoms with E-state index in [1.807, 2.05) is 18.3 Å². The van der Waals surface area contributed by atoms with Crippen LogP contribution in [0.15, 0.2) is 40.9 Å². The lowest BCUT2D eigenvalue weighted by Crippen LogP contribution is -2.42. The summed E-state index contributed by atoms with van der Waals surface area (Å²) in [5, 5.41) is 4.00. The van der Waals surface area contributed by atoms with Crippen LogP contribution in [0.5, 0.6) is 0 Å². The molecular formula is C19H20FIN4OS. The number of carbonyl (C=O) groups is 1. The van der Waals surface area contributed by atoms with Crippen molar-refractivity contribution in [2.45, 2.75) is 19.4 Å². The predicted octanol–water partition coefficient (Wildman–Crippen LogP) is 3.21. The largest absolute Gasteiger partial charge is 0.370 e. The van der Waals surface area contributed by atoms with Gasteiger partial charge in [-0.25, -0.2) is 13.8 Å². The molecule has 1 aromatic heterocycles. The third-order valence-electron chi connectivity index (χ3n) is 4.81. The molecule has 3 heterocycles. The Hall–Kier alpha value is -1.55. The van der Waals surface area contributed by atoms with Gasteiger partial charge in [-0.2, -0.15) is 0 Å². The van der Waals surface area contributed by atoms with Crippen LogP contribution in [-0.4, -0.2) is 27.7 Å². The van der Waals surface area contributed by atoms with E-state index in [-0.39, 0.29) is 38.4 Å². The number of pyridine rings is 1. The van der Waals surface area contributed by atoms with Crippen LogP contribution in [0.4, 0.5) is 10.1 Å². The first kappa shape index (κ1) is 18.8. The topological polar surface area (TPSA) is 57.6 Å². The van der Waals surface area contributed by atoms with Crippen LogP contribution in [0, 0.1) is 15.0 Å². The minimum Gasteiger partial charge on any atom is -0.370 e. The number of alkyl halides is 1. The Kier molecular flexibility index (Phi) is 6.01. The Bertz CT molecular complexity index is 962. The molecule has 1 N–H and O–H groups in total. The Balaban J connectivity index is 1.36. The Morgan fingerprint density at radius 3 is 3.00 bits per heavy atom. The number of carbonyl (C=O) groups excluding carboxylic acids is 1. The van der Waals surface area contributed by atoms with Crippen LogP contribution < -0.4 is 15.6 Å². The summed E-state index contributed by atoms with van der Waals surface area (Å²) in [6.45, 7) is 2.05. The van der Waals surface area contributed by atoms with E-state index in [4.69, 9.17) is 0 Å². The molecular weight excluding hydrogens is 478 g/mol. The number of nitrogens with one attached hydrogen (secondary N) is 1. The molecule has 27 heavy (non-hydrogen) atoms. The van der Waals surface area contributed by atoms with Crippen molar-refractivity contribution in [2.75, 3.05) is 21.7 Å². The zero-order valence-electron chi connectivity index (χ0n) is 14.7. The van der Waals surface area contributed by atoms with Crippen molar-refractivity contribution in [2.24, 2.45) is 10.3 Å². The van der Waals surface area contributed by atoms with Gasteiger partial charge in [0, 0.05) is 31.7 Å². The van der Waals surface area contributed by atoms with E-state index in [1.54, 1.807) is 18.0 Å². The fourth-order valence-corrected chi connectivity index (χ4v) is 6.89. The van der Waals surface area contributed by atoms with Gasteiger partial charge in [-0.1, -0.05) is 32.9 Å². The summed E-state index contributed by atoms with van der Waals surface area (Å²) in [5.41, 5.74) is 1.94. The molecule has 0 radical (unpaired) electrons. The zero-order valence-corrected chi connectivity index (χ0v) is 17.7. The number of benzene rings is 1. The van der Waals surface area contributed by atoms with Gasteiger partial charge in [0.25, 0.3) is 0 Å². The fourth-order valence-electron chi connectivity index (χ4n) is 3.38. The van der Waals surface area contributed by atoms with Gasteiger partial charge >= 0.3 is 0 Å². The molecule has 1 saturated heterocycles. The molecule has 0 aliphatic carbocycles. The highest BCUT2D eigenvalue weighted by atomic mass is 127. The van der Waals surface area contributed by atoms with E-state index in [1.165, 1.54) is 15.4 Å². The Labute approximate surface area is 171 Å². The quantitative estimate of drug-likeness (QED) is 0.400. The highest BCUT2D eigenvalue weighted by Gasteiger charge is 2.26. The van der Waals surface area contributed by atoms with Gasteiger partial charge in [-0.15, -0.1) is 0 Å². The monoisotopic (exact) mass is 498 g/mol. The van der Waals surface area contributed by atoms with Crippen molar-refractivity contribution in [1.29, 1.82) is 0 Å². The molecule has 0 spiro atoms. The van der Waals surface area contributed by atoms with Gasteiger partial charge in [-0.05, 0) is 48.6 Å². The van der Waals surface area contributed by atoms with E-state index in [2.05, 4.69) is 19.6 Å². The minimum atomic E-state index is -0.276. The van der Waals surface area contributed by atoms with Gasteiger partial charge in [0.05, 0.1) is 9.45 Å². The Morgan fingerprint density at radius 2 is 2.19 bits per heavy atom. The number of aromatic nitrogens is 1. The number of fused-ring (bicyclic) bond motifs is 1. The molecule has 5 nitrogen and oxygen atoms in total. The average molecular weight is 498 g/mol. The molecule has 2 aromatic rings. The maximum atomic E-state index is 13.2. The maximum Gasteiger partial charge on any atom is 0.223 e. The van der Waals surface area contributed by atoms with Gasteiger partial charge in [0.15, 0.2) is 0 Å².